The van der Waals surface area contributed by atoms with Crippen LogP contribution in [-0.4, -0.2) is 40.7 Å². The van der Waals surface area contributed by atoms with Gasteiger partial charge in [-0.25, -0.2) is 14.5 Å². The highest BCUT2D eigenvalue weighted by atomic mass is 31.2. The summed E-state index contributed by atoms with van der Waals surface area (Å²) in [7, 11) is -4.81. The van der Waals surface area contributed by atoms with Crippen molar-refractivity contribution in [3.05, 3.63) is 47.5 Å². The van der Waals surface area contributed by atoms with Crippen LogP contribution in [0.3, 0.4) is 0 Å². The number of H-pyrrole nitrogens is 2. The van der Waals surface area contributed by atoms with E-state index in [0.29, 0.717) is 40.2 Å². The molecule has 8 N–H and O–H groups in total. The van der Waals surface area contributed by atoms with Crippen LogP contribution in [0.2, 0.25) is 0 Å². The maximum Gasteiger partial charge on any atom is 0.524 e. The van der Waals surface area contributed by atoms with Crippen molar-refractivity contribution in [2.45, 2.75) is 6.42 Å². The zero-order chi connectivity index (χ0) is 20.1. The molecule has 12 heteroatoms. The summed E-state index contributed by atoms with van der Waals surface area (Å²) in [5.74, 6) is 0.314. The van der Waals surface area contributed by atoms with Crippen molar-refractivity contribution < 1.29 is 24.0 Å². The number of amidine groups is 1. The lowest BCUT2D eigenvalue weighted by Crippen LogP contribution is -2.10. The molecule has 0 atom stereocenters. The van der Waals surface area contributed by atoms with Gasteiger partial charge >= 0.3 is 7.82 Å². The molecule has 0 aliphatic heterocycles. The quantitative estimate of drug-likeness (QED) is 0.148. The number of phenols is 1. The van der Waals surface area contributed by atoms with Crippen LogP contribution in [0.15, 0.2) is 30.3 Å². The molecule has 2 aromatic heterocycles. The van der Waals surface area contributed by atoms with E-state index in [1.165, 1.54) is 12.1 Å². The third kappa shape index (κ3) is 3.54. The number of nitrogens with two attached hydrogens (primary N) is 1. The van der Waals surface area contributed by atoms with E-state index in [-0.39, 0.29) is 11.6 Å². The smallest absolute Gasteiger partial charge is 0.504 e. The second-order valence-corrected chi connectivity index (χ2v) is 7.27. The number of phenolic OH excluding ortho intramolecular Hbond substituents is 1. The fraction of sp³-hybridized carbons (Fsp3) is 0.0625. The minimum Gasteiger partial charge on any atom is -0.504 e. The Kier molecular flexibility index (Phi) is 4.07. The molecule has 4 rings (SSSR count). The highest BCUT2D eigenvalue weighted by Crippen LogP contribution is 2.42. The Labute approximate surface area is 157 Å². The van der Waals surface area contributed by atoms with Gasteiger partial charge in [0.1, 0.15) is 17.5 Å². The summed E-state index contributed by atoms with van der Waals surface area (Å²) >= 11 is 0. The Balaban J connectivity index is 1.65. The first-order chi connectivity index (χ1) is 13.2. The summed E-state index contributed by atoms with van der Waals surface area (Å²) in [6, 6.07) is 7.71. The van der Waals surface area contributed by atoms with E-state index in [2.05, 4.69) is 24.5 Å². The summed E-state index contributed by atoms with van der Waals surface area (Å²) in [6.45, 7) is 0. The highest BCUT2D eigenvalue weighted by Gasteiger charge is 2.20. The van der Waals surface area contributed by atoms with Crippen LogP contribution in [0.1, 0.15) is 17.2 Å². The first-order valence-corrected chi connectivity index (χ1v) is 9.51. The Morgan fingerprint density at radius 2 is 1.75 bits per heavy atom. The first-order valence-electron chi connectivity index (χ1n) is 7.98. The monoisotopic (exact) mass is 402 g/mol. The molecule has 0 aliphatic carbocycles. The summed E-state index contributed by atoms with van der Waals surface area (Å²) in [4.78, 5) is 32.8. The van der Waals surface area contributed by atoms with Gasteiger partial charge < -0.3 is 25.3 Å². The van der Waals surface area contributed by atoms with Crippen LogP contribution in [0.4, 0.5) is 0 Å². The number of phosphoric acid groups is 1. The number of nitrogens with one attached hydrogen (secondary N) is 3. The van der Waals surface area contributed by atoms with E-state index in [1.807, 2.05) is 0 Å². The van der Waals surface area contributed by atoms with Crippen LogP contribution in [0, 0.1) is 5.41 Å². The molecular weight excluding hydrogens is 387 g/mol. The number of rotatable bonds is 5. The number of aromatic hydroxyl groups is 1. The van der Waals surface area contributed by atoms with Crippen LogP contribution < -0.4 is 10.3 Å². The van der Waals surface area contributed by atoms with Crippen molar-refractivity contribution in [2.24, 2.45) is 5.73 Å². The lowest BCUT2D eigenvalue weighted by atomic mass is 10.2. The molecule has 0 aliphatic rings. The SMILES string of the molecule is N=C(N)c1ccc2nc(Cc3nc4cc(OP(=O)(O)O)c(O)cc4[nH]3)[nH]c2c1. The molecule has 2 heterocycles. The maximum atomic E-state index is 11.0. The number of imidazole rings is 2. The summed E-state index contributed by atoms with van der Waals surface area (Å²) in [6.07, 6.45) is 0.314. The van der Waals surface area contributed by atoms with Crippen molar-refractivity contribution in [3.63, 3.8) is 0 Å². The number of hydrogen-bond acceptors (Lipinski definition) is 6. The molecule has 0 spiro atoms. The molecular formula is C16H15N6O5P. The lowest BCUT2D eigenvalue weighted by Gasteiger charge is -2.07. The van der Waals surface area contributed by atoms with Crippen LogP contribution in [-0.2, 0) is 11.0 Å². The Bertz CT molecular complexity index is 1270. The first kappa shape index (κ1) is 18.0. The minimum atomic E-state index is -4.81. The highest BCUT2D eigenvalue weighted by molar-refractivity contribution is 7.46. The molecule has 0 amide bonds. The standard InChI is InChI=1S/C16H15N6O5P/c17-16(18)7-1-2-8-9(3-7)20-14(19-8)6-15-21-10-4-12(23)13(5-11(10)22-15)27-28(24,25)26/h1-5,23H,6H2,(H3,17,18)(H,19,20)(H,21,22)(H2,24,25,26). The van der Waals surface area contributed by atoms with Gasteiger partial charge in [-0.1, -0.05) is 0 Å². The van der Waals surface area contributed by atoms with Gasteiger partial charge in [0.2, 0.25) is 0 Å². The average Bonchev–Trinajstić information content (AvgIpc) is 3.15. The van der Waals surface area contributed by atoms with E-state index in [9.17, 15) is 9.67 Å². The molecule has 0 saturated heterocycles. The third-order valence-electron chi connectivity index (χ3n) is 4.01. The topological polar surface area (TPSA) is 194 Å². The summed E-state index contributed by atoms with van der Waals surface area (Å²) < 4.78 is 15.4. The third-order valence-corrected chi connectivity index (χ3v) is 4.44. The van der Waals surface area contributed by atoms with Crippen molar-refractivity contribution in [1.29, 1.82) is 5.41 Å². The fourth-order valence-electron chi connectivity index (χ4n) is 2.84. The number of aromatic nitrogens is 4. The molecule has 0 radical (unpaired) electrons. The molecule has 144 valence electrons. The van der Waals surface area contributed by atoms with Gasteiger partial charge in [0, 0.05) is 17.7 Å². The molecule has 0 fully saturated rings. The zero-order valence-corrected chi connectivity index (χ0v) is 15.1. The Morgan fingerprint density at radius 3 is 2.39 bits per heavy atom. The van der Waals surface area contributed by atoms with Gasteiger partial charge in [0.25, 0.3) is 0 Å². The van der Waals surface area contributed by atoms with Crippen molar-refractivity contribution in [3.8, 4) is 11.5 Å². The number of fused-ring (bicyclic) bond motifs is 2. The minimum absolute atomic E-state index is 0.0385. The molecule has 0 saturated carbocycles. The number of nitrogens with zero attached hydrogens (tertiary/aromatic N) is 2. The van der Waals surface area contributed by atoms with Gasteiger partial charge in [-0.15, -0.1) is 0 Å². The van der Waals surface area contributed by atoms with Gasteiger partial charge in [0.15, 0.2) is 11.5 Å². The number of benzene rings is 2. The Hall–Kier alpha value is -3.40. The number of hydrogen-bond donors (Lipinski definition) is 7. The van der Waals surface area contributed by atoms with Crippen LogP contribution in [0.5, 0.6) is 11.5 Å². The largest absolute Gasteiger partial charge is 0.524 e. The van der Waals surface area contributed by atoms with E-state index in [1.54, 1.807) is 18.2 Å². The predicted octanol–water partition coefficient (Wildman–Crippen LogP) is 1.49. The van der Waals surface area contributed by atoms with Gasteiger partial charge in [-0.2, -0.15) is 0 Å². The van der Waals surface area contributed by atoms with Gasteiger partial charge in [-0.3, -0.25) is 15.2 Å². The van der Waals surface area contributed by atoms with Gasteiger partial charge in [-0.05, 0) is 18.2 Å². The van der Waals surface area contributed by atoms with Crippen molar-refractivity contribution >= 4 is 35.7 Å². The Morgan fingerprint density at radius 1 is 1.11 bits per heavy atom. The number of nitrogen functional groups attached to an aromatic ring is 1. The number of phosphoric ester groups is 1. The molecule has 0 bridgehead atoms. The fourth-order valence-corrected chi connectivity index (χ4v) is 3.24. The summed E-state index contributed by atoms with van der Waals surface area (Å²) in [5.41, 5.74) is 8.36. The van der Waals surface area contributed by atoms with Crippen LogP contribution in [0.25, 0.3) is 22.1 Å². The normalized spacial score (nSPS) is 11.9. The second-order valence-electron chi connectivity index (χ2n) is 6.11. The van der Waals surface area contributed by atoms with E-state index < -0.39 is 13.6 Å². The molecule has 0 unspecified atom stereocenters. The van der Waals surface area contributed by atoms with Crippen molar-refractivity contribution in [2.75, 3.05) is 0 Å². The van der Waals surface area contributed by atoms with Crippen molar-refractivity contribution in [1.82, 2.24) is 19.9 Å². The summed E-state index contributed by atoms with van der Waals surface area (Å²) in [5, 5.41) is 17.4. The predicted molar refractivity (Wildman–Crippen MR) is 100 cm³/mol. The molecule has 4 aromatic rings. The molecule has 2 aromatic carbocycles. The van der Waals surface area contributed by atoms with E-state index in [0.717, 1.165) is 5.52 Å². The second kappa shape index (κ2) is 6.34. The maximum absolute atomic E-state index is 11.0. The van der Waals surface area contributed by atoms with Gasteiger partial charge in [0.05, 0.1) is 28.5 Å². The van der Waals surface area contributed by atoms with Crippen LogP contribution >= 0.6 is 7.82 Å². The van der Waals surface area contributed by atoms with E-state index in [4.69, 9.17) is 20.9 Å². The lowest BCUT2D eigenvalue weighted by molar-refractivity contribution is 0.278. The molecule has 11 nitrogen and oxygen atoms in total. The zero-order valence-electron chi connectivity index (χ0n) is 14.2. The van der Waals surface area contributed by atoms with E-state index >= 15 is 0 Å². The number of aromatic amines is 2. The molecule has 28 heavy (non-hydrogen) atoms. The average molecular weight is 402 g/mol.